The highest BCUT2D eigenvalue weighted by atomic mass is 16.5. The van der Waals surface area contributed by atoms with Crippen LogP contribution in [0.4, 0.5) is 0 Å². The third-order valence-corrected chi connectivity index (χ3v) is 7.93. The molecule has 0 atom stereocenters. The fourth-order valence-corrected chi connectivity index (χ4v) is 5.66. The molecule has 0 aliphatic heterocycles. The molecule has 39 heavy (non-hydrogen) atoms. The van der Waals surface area contributed by atoms with Gasteiger partial charge in [0.15, 0.2) is 0 Å². The molecule has 210 valence electrons. The van der Waals surface area contributed by atoms with Gasteiger partial charge in [-0.2, -0.15) is 0 Å². The van der Waals surface area contributed by atoms with Crippen molar-refractivity contribution in [2.75, 3.05) is 40.5 Å². The van der Waals surface area contributed by atoms with E-state index in [9.17, 15) is 9.59 Å². The van der Waals surface area contributed by atoms with Crippen LogP contribution in [0, 0.1) is 5.92 Å². The molecule has 0 unspecified atom stereocenters. The summed E-state index contributed by atoms with van der Waals surface area (Å²) in [4.78, 5) is 34.1. The zero-order valence-electron chi connectivity index (χ0n) is 23.5. The Kier molecular flexibility index (Phi) is 10.8. The number of nitrogens with zero attached hydrogens (tertiary/aromatic N) is 2. The number of hydrogen-bond donors (Lipinski definition) is 1. The average Bonchev–Trinajstić information content (AvgIpc) is 3.64. The molecule has 7 heteroatoms. The number of aromatic nitrogens is 1. The quantitative estimate of drug-likeness (QED) is 0.259. The van der Waals surface area contributed by atoms with Crippen LogP contribution in [0.2, 0.25) is 0 Å². The van der Waals surface area contributed by atoms with Crippen molar-refractivity contribution in [3.63, 3.8) is 0 Å². The van der Waals surface area contributed by atoms with Gasteiger partial charge in [0, 0.05) is 62.4 Å². The van der Waals surface area contributed by atoms with Gasteiger partial charge in [0.05, 0.1) is 13.7 Å². The normalized spacial score (nSPS) is 13.6. The monoisotopic (exact) mass is 533 g/mol. The van der Waals surface area contributed by atoms with Crippen molar-refractivity contribution < 1.29 is 19.1 Å². The van der Waals surface area contributed by atoms with Crippen molar-refractivity contribution in [2.24, 2.45) is 5.92 Å². The van der Waals surface area contributed by atoms with E-state index in [4.69, 9.17) is 9.47 Å². The number of H-pyrrole nitrogens is 1. The molecule has 1 N–H and O–H groups in total. The van der Waals surface area contributed by atoms with Crippen molar-refractivity contribution in [1.82, 2.24) is 14.8 Å². The van der Waals surface area contributed by atoms with Gasteiger partial charge in [0.2, 0.25) is 11.8 Å². The second kappa shape index (κ2) is 14.7. The Morgan fingerprint density at radius 2 is 1.69 bits per heavy atom. The van der Waals surface area contributed by atoms with Crippen molar-refractivity contribution in [2.45, 2.75) is 57.9 Å². The number of amides is 2. The van der Waals surface area contributed by atoms with Gasteiger partial charge in [-0.15, -0.1) is 0 Å². The molecule has 0 radical (unpaired) electrons. The molecule has 2 aromatic carbocycles. The van der Waals surface area contributed by atoms with Crippen molar-refractivity contribution in [3.05, 3.63) is 65.9 Å². The van der Waals surface area contributed by atoms with E-state index in [1.165, 1.54) is 36.6 Å². The number of para-hydroxylation sites is 2. The highest BCUT2D eigenvalue weighted by molar-refractivity contribution is 5.85. The van der Waals surface area contributed by atoms with Gasteiger partial charge in [-0.1, -0.05) is 62.1 Å². The number of carbonyl (C=O) groups is 2. The zero-order valence-corrected chi connectivity index (χ0v) is 23.5. The van der Waals surface area contributed by atoms with Crippen LogP contribution in [0.3, 0.4) is 0 Å². The standard InChI is InChI=1S/C32H43N3O4/c1-38-21-9-19-34(31(36)17-16-25-10-3-4-11-25)24-32(37)35(23-27-12-5-8-15-30(27)39-2)20-18-26-22-33-29-14-7-6-13-28(26)29/h5-8,12-15,22,25,33H,3-4,9-11,16-21,23-24H2,1-2H3. The summed E-state index contributed by atoms with van der Waals surface area (Å²) in [6, 6.07) is 16.0. The fourth-order valence-electron chi connectivity index (χ4n) is 5.66. The summed E-state index contributed by atoms with van der Waals surface area (Å²) in [5.74, 6) is 1.42. The van der Waals surface area contributed by atoms with Crippen molar-refractivity contribution in [3.8, 4) is 5.75 Å². The smallest absolute Gasteiger partial charge is 0.242 e. The number of benzene rings is 2. The lowest BCUT2D eigenvalue weighted by Gasteiger charge is -2.28. The Morgan fingerprint density at radius 1 is 0.923 bits per heavy atom. The van der Waals surface area contributed by atoms with Gasteiger partial charge < -0.3 is 24.3 Å². The molecule has 1 heterocycles. The van der Waals surface area contributed by atoms with Crippen LogP contribution in [-0.2, 0) is 27.3 Å². The molecule has 1 aromatic heterocycles. The lowest BCUT2D eigenvalue weighted by molar-refractivity contribution is -0.141. The fraction of sp³-hybridized carbons (Fsp3) is 0.500. The molecular formula is C32H43N3O4. The predicted octanol–water partition coefficient (Wildman–Crippen LogP) is 5.58. The minimum Gasteiger partial charge on any atom is -0.496 e. The third kappa shape index (κ3) is 8.09. The second-order valence-corrected chi connectivity index (χ2v) is 10.6. The molecule has 7 nitrogen and oxygen atoms in total. The number of ether oxygens (including phenoxy) is 2. The van der Waals surface area contributed by atoms with E-state index in [1.54, 1.807) is 19.1 Å². The topological polar surface area (TPSA) is 74.9 Å². The van der Waals surface area contributed by atoms with E-state index in [-0.39, 0.29) is 18.4 Å². The largest absolute Gasteiger partial charge is 0.496 e. The van der Waals surface area contributed by atoms with E-state index in [1.807, 2.05) is 47.5 Å². The molecule has 4 rings (SSSR count). The number of hydrogen-bond acceptors (Lipinski definition) is 4. The van der Waals surface area contributed by atoms with Crippen LogP contribution in [0.1, 0.15) is 56.1 Å². The van der Waals surface area contributed by atoms with Crippen LogP contribution in [-0.4, -0.2) is 67.1 Å². The number of aromatic amines is 1. The lowest BCUT2D eigenvalue weighted by atomic mass is 10.0. The van der Waals surface area contributed by atoms with E-state index >= 15 is 0 Å². The Hall–Kier alpha value is -3.32. The third-order valence-electron chi connectivity index (χ3n) is 7.93. The molecule has 0 bridgehead atoms. The summed E-state index contributed by atoms with van der Waals surface area (Å²) in [7, 11) is 3.31. The SMILES string of the molecule is COCCCN(CC(=O)N(CCc1c[nH]c2ccccc12)Cc1ccccc1OC)C(=O)CCC1CCCC1. The summed E-state index contributed by atoms with van der Waals surface area (Å²) in [5, 5.41) is 1.17. The van der Waals surface area contributed by atoms with Gasteiger partial charge in [0.25, 0.3) is 0 Å². The molecule has 0 saturated heterocycles. The summed E-state index contributed by atoms with van der Waals surface area (Å²) in [6.07, 6.45) is 9.84. The number of carbonyl (C=O) groups excluding carboxylic acids is 2. The van der Waals surface area contributed by atoms with Gasteiger partial charge >= 0.3 is 0 Å². The first-order chi connectivity index (χ1) is 19.1. The lowest BCUT2D eigenvalue weighted by Crippen LogP contribution is -2.44. The average molecular weight is 534 g/mol. The summed E-state index contributed by atoms with van der Waals surface area (Å²) < 4.78 is 10.8. The molecule has 1 fully saturated rings. The Labute approximate surface area is 232 Å². The van der Waals surface area contributed by atoms with Gasteiger partial charge in [-0.25, -0.2) is 0 Å². The van der Waals surface area contributed by atoms with E-state index in [0.29, 0.717) is 51.4 Å². The predicted molar refractivity (Wildman–Crippen MR) is 155 cm³/mol. The van der Waals surface area contributed by atoms with Crippen LogP contribution in [0.25, 0.3) is 10.9 Å². The Balaban J connectivity index is 1.48. The maximum Gasteiger partial charge on any atom is 0.242 e. The van der Waals surface area contributed by atoms with Crippen LogP contribution < -0.4 is 4.74 Å². The van der Waals surface area contributed by atoms with Crippen molar-refractivity contribution in [1.29, 1.82) is 0 Å². The molecule has 3 aromatic rings. The molecule has 1 aliphatic carbocycles. The zero-order chi connectivity index (χ0) is 27.5. The van der Waals surface area contributed by atoms with Crippen LogP contribution >= 0.6 is 0 Å². The summed E-state index contributed by atoms with van der Waals surface area (Å²) >= 11 is 0. The number of nitrogens with one attached hydrogen (secondary N) is 1. The van der Waals surface area contributed by atoms with E-state index in [0.717, 1.165) is 23.3 Å². The summed E-state index contributed by atoms with van der Waals surface area (Å²) in [6.45, 7) is 2.13. The molecule has 0 spiro atoms. The molecule has 1 saturated carbocycles. The minimum atomic E-state index is -0.0487. The number of fused-ring (bicyclic) bond motifs is 1. The Morgan fingerprint density at radius 3 is 2.49 bits per heavy atom. The molecule has 1 aliphatic rings. The highest BCUT2D eigenvalue weighted by Crippen LogP contribution is 2.29. The maximum absolute atomic E-state index is 13.8. The first-order valence-corrected chi connectivity index (χ1v) is 14.3. The van der Waals surface area contributed by atoms with Crippen LogP contribution in [0.5, 0.6) is 5.75 Å². The van der Waals surface area contributed by atoms with Gasteiger partial charge in [-0.3, -0.25) is 9.59 Å². The first kappa shape index (κ1) is 28.7. The summed E-state index contributed by atoms with van der Waals surface area (Å²) in [5.41, 5.74) is 3.21. The maximum atomic E-state index is 13.8. The van der Waals surface area contributed by atoms with Gasteiger partial charge in [-0.05, 0) is 42.9 Å². The Bertz CT molecular complexity index is 1200. The first-order valence-electron chi connectivity index (χ1n) is 14.3. The van der Waals surface area contributed by atoms with Gasteiger partial charge in [0.1, 0.15) is 5.75 Å². The second-order valence-electron chi connectivity index (χ2n) is 10.6. The number of methoxy groups -OCH3 is 2. The van der Waals surface area contributed by atoms with E-state index in [2.05, 4.69) is 17.1 Å². The number of rotatable bonds is 15. The molecule has 2 amide bonds. The van der Waals surface area contributed by atoms with E-state index < -0.39 is 0 Å². The molecular weight excluding hydrogens is 490 g/mol. The van der Waals surface area contributed by atoms with Crippen molar-refractivity contribution >= 4 is 22.7 Å². The highest BCUT2D eigenvalue weighted by Gasteiger charge is 2.24. The van der Waals surface area contributed by atoms with Crippen LogP contribution in [0.15, 0.2) is 54.7 Å². The minimum absolute atomic E-state index is 0.0487.